The van der Waals surface area contributed by atoms with Crippen LogP contribution in [0.2, 0.25) is 5.02 Å². The molecule has 2 N–H and O–H groups in total. The van der Waals surface area contributed by atoms with Crippen molar-refractivity contribution >= 4 is 34.8 Å². The molecular formula is C29H36ClF5N6O2. The van der Waals surface area contributed by atoms with Crippen LogP contribution in [0, 0.1) is 11.6 Å². The molecule has 2 amide bonds. The van der Waals surface area contributed by atoms with E-state index in [1.54, 1.807) is 11.0 Å². The zero-order valence-corrected chi connectivity index (χ0v) is 24.9. The number of likely N-dealkylation sites (N-methyl/N-ethyl adjacent to an activating group) is 1. The molecular weight excluding hydrogens is 595 g/mol. The van der Waals surface area contributed by atoms with Gasteiger partial charge >= 0.3 is 6.18 Å². The third-order valence-electron chi connectivity index (χ3n) is 7.84. The highest BCUT2D eigenvalue weighted by Gasteiger charge is 2.32. The minimum absolute atomic E-state index is 0.0923. The van der Waals surface area contributed by atoms with Crippen LogP contribution in [0.15, 0.2) is 30.3 Å². The van der Waals surface area contributed by atoms with E-state index in [2.05, 4.69) is 15.5 Å². The van der Waals surface area contributed by atoms with Crippen molar-refractivity contribution in [2.45, 2.75) is 32.1 Å². The van der Waals surface area contributed by atoms with Crippen LogP contribution >= 0.6 is 11.6 Å². The number of alkyl halides is 3. The zero-order valence-electron chi connectivity index (χ0n) is 24.1. The molecule has 2 saturated heterocycles. The number of rotatable bonds is 9. The summed E-state index contributed by atoms with van der Waals surface area (Å²) < 4.78 is 68.1. The second kappa shape index (κ2) is 14.2. The maximum atomic E-state index is 15.0. The van der Waals surface area contributed by atoms with Gasteiger partial charge in [0, 0.05) is 75.5 Å². The smallest absolute Gasteiger partial charge is 0.367 e. The maximum absolute atomic E-state index is 15.0. The molecule has 14 heteroatoms. The Morgan fingerprint density at radius 3 is 2.40 bits per heavy atom. The van der Waals surface area contributed by atoms with Crippen molar-refractivity contribution in [3.8, 4) is 0 Å². The Bertz CT molecular complexity index is 1300. The number of piperazine rings is 2. The average Bonchev–Trinajstić information content (AvgIpc) is 2.94. The third-order valence-corrected chi connectivity index (χ3v) is 8.08. The highest BCUT2D eigenvalue weighted by molar-refractivity contribution is 6.31. The Balaban J connectivity index is 1.39. The van der Waals surface area contributed by atoms with Gasteiger partial charge in [-0.25, -0.2) is 8.78 Å². The first-order valence-corrected chi connectivity index (χ1v) is 14.5. The zero-order chi connectivity index (χ0) is 31.3. The Hall–Kier alpha value is -3.00. The number of halogens is 6. The first-order valence-electron chi connectivity index (χ1n) is 14.1. The number of anilines is 2. The molecule has 2 fully saturated rings. The summed E-state index contributed by atoms with van der Waals surface area (Å²) in [6.45, 7) is 5.91. The first kappa shape index (κ1) is 32.9. The van der Waals surface area contributed by atoms with Crippen molar-refractivity contribution in [2.24, 2.45) is 0 Å². The monoisotopic (exact) mass is 630 g/mol. The van der Waals surface area contributed by atoms with Crippen LogP contribution in [-0.2, 0) is 11.3 Å². The van der Waals surface area contributed by atoms with E-state index < -0.39 is 35.7 Å². The molecule has 236 valence electrons. The number of hydrogen-bond acceptors (Lipinski definition) is 6. The van der Waals surface area contributed by atoms with Gasteiger partial charge in [0.2, 0.25) is 5.91 Å². The van der Waals surface area contributed by atoms with Crippen LogP contribution in [0.5, 0.6) is 0 Å². The van der Waals surface area contributed by atoms with Crippen molar-refractivity contribution in [2.75, 3.05) is 76.2 Å². The number of hydrogen-bond donors (Lipinski definition) is 2. The number of nitrogens with one attached hydrogen (secondary N) is 2. The van der Waals surface area contributed by atoms with E-state index in [4.69, 9.17) is 11.6 Å². The number of carbonyl (C=O) groups is 2. The lowest BCUT2D eigenvalue weighted by molar-refractivity contribution is -0.139. The summed E-state index contributed by atoms with van der Waals surface area (Å²) in [7, 11) is 2.00. The summed E-state index contributed by atoms with van der Waals surface area (Å²) in [5.41, 5.74) is 0.204. The Labute approximate surface area is 252 Å². The number of carbonyl (C=O) groups excluding carboxylic acids is 2. The van der Waals surface area contributed by atoms with Gasteiger partial charge in [0.1, 0.15) is 0 Å². The molecule has 2 aromatic carbocycles. The molecule has 0 aromatic heterocycles. The molecule has 2 aliphatic heterocycles. The lowest BCUT2D eigenvalue weighted by atomic mass is 10.1. The molecule has 0 radical (unpaired) electrons. The molecule has 0 aliphatic carbocycles. The second-order valence-corrected chi connectivity index (χ2v) is 11.5. The van der Waals surface area contributed by atoms with Gasteiger partial charge in [0.15, 0.2) is 11.6 Å². The lowest BCUT2D eigenvalue weighted by Gasteiger charge is -2.41. The normalized spacial score (nSPS) is 19.0. The minimum atomic E-state index is -4.24. The Morgan fingerprint density at radius 2 is 1.72 bits per heavy atom. The van der Waals surface area contributed by atoms with E-state index in [1.807, 2.05) is 23.8 Å². The number of amides is 2. The predicted octanol–water partition coefficient (Wildman–Crippen LogP) is 4.20. The molecule has 2 heterocycles. The Morgan fingerprint density at radius 1 is 1.00 bits per heavy atom. The molecule has 43 heavy (non-hydrogen) atoms. The van der Waals surface area contributed by atoms with Crippen LogP contribution in [0.25, 0.3) is 0 Å². The molecule has 0 bridgehead atoms. The fourth-order valence-electron chi connectivity index (χ4n) is 5.24. The van der Waals surface area contributed by atoms with Gasteiger partial charge in [0.25, 0.3) is 5.91 Å². The summed E-state index contributed by atoms with van der Waals surface area (Å²) in [5.74, 6) is -3.77. The van der Waals surface area contributed by atoms with Crippen LogP contribution in [0.4, 0.5) is 33.3 Å². The second-order valence-electron chi connectivity index (χ2n) is 11.1. The summed E-state index contributed by atoms with van der Waals surface area (Å²) in [4.78, 5) is 33.2. The van der Waals surface area contributed by atoms with Gasteiger partial charge in [-0.1, -0.05) is 17.7 Å². The van der Waals surface area contributed by atoms with Gasteiger partial charge in [-0.05, 0) is 38.2 Å². The molecule has 8 nitrogen and oxygen atoms in total. The fourth-order valence-corrected chi connectivity index (χ4v) is 5.40. The topological polar surface area (TPSA) is 71.2 Å². The van der Waals surface area contributed by atoms with E-state index in [-0.39, 0.29) is 37.1 Å². The molecule has 4 rings (SSSR count). The summed E-state index contributed by atoms with van der Waals surface area (Å²) in [6, 6.07) is 6.89. The first-order chi connectivity index (χ1) is 20.3. The van der Waals surface area contributed by atoms with Gasteiger partial charge in [-0.2, -0.15) is 13.2 Å². The number of benzene rings is 2. The minimum Gasteiger partial charge on any atom is -0.367 e. The van der Waals surface area contributed by atoms with Crippen molar-refractivity contribution in [3.05, 3.63) is 58.1 Å². The van der Waals surface area contributed by atoms with Gasteiger partial charge in [-0.15, -0.1) is 0 Å². The van der Waals surface area contributed by atoms with Crippen molar-refractivity contribution < 1.29 is 31.5 Å². The largest absolute Gasteiger partial charge is 0.390 e. The molecule has 2 aromatic rings. The van der Waals surface area contributed by atoms with Gasteiger partial charge < -0.3 is 20.4 Å². The molecule has 2 aliphatic rings. The third kappa shape index (κ3) is 9.01. The van der Waals surface area contributed by atoms with Crippen LogP contribution in [0.3, 0.4) is 0 Å². The predicted molar refractivity (Wildman–Crippen MR) is 155 cm³/mol. The SMILES string of the molecule is C[C@@H]1CN(c2cc(Cl)ccc2NC(=O)c2ccc(CNC(=O)CN3CCN(C)CC3)c(F)c2F)CCN1CCC(F)(F)F. The number of nitrogens with zero attached hydrogens (tertiary/aromatic N) is 4. The molecule has 0 saturated carbocycles. The Kier molecular flexibility index (Phi) is 10.9. The average molecular weight is 631 g/mol. The lowest BCUT2D eigenvalue weighted by Crippen LogP contribution is -2.52. The summed E-state index contributed by atoms with van der Waals surface area (Å²) in [6.07, 6.45) is -5.15. The van der Waals surface area contributed by atoms with Crippen molar-refractivity contribution in [3.63, 3.8) is 0 Å². The van der Waals surface area contributed by atoms with E-state index in [9.17, 15) is 27.2 Å². The van der Waals surface area contributed by atoms with E-state index in [0.29, 0.717) is 36.0 Å². The fraction of sp³-hybridized carbons (Fsp3) is 0.517. The van der Waals surface area contributed by atoms with E-state index >= 15 is 4.39 Å². The van der Waals surface area contributed by atoms with Crippen LogP contribution in [-0.4, -0.2) is 105 Å². The maximum Gasteiger partial charge on any atom is 0.390 e. The van der Waals surface area contributed by atoms with Crippen molar-refractivity contribution in [1.82, 2.24) is 20.0 Å². The highest BCUT2D eigenvalue weighted by Crippen LogP contribution is 2.32. The quantitative estimate of drug-likeness (QED) is 0.405. The molecule has 0 spiro atoms. The summed E-state index contributed by atoms with van der Waals surface area (Å²) in [5, 5.41) is 5.60. The van der Waals surface area contributed by atoms with Crippen LogP contribution < -0.4 is 15.5 Å². The highest BCUT2D eigenvalue weighted by atomic mass is 35.5. The standard InChI is InChI=1S/C29H36ClF5N6O2/c1-19-17-41(14-13-40(19)8-7-29(33,34)35)24-15-21(30)4-6-23(24)37-28(43)22-5-3-20(26(31)27(22)32)16-36-25(42)18-39-11-9-38(2)10-12-39/h3-6,15,19H,7-14,16-18H2,1-2H3,(H,36,42)(H,37,43)/t19-/m1/s1. The van der Waals surface area contributed by atoms with Gasteiger partial charge in [0.05, 0.1) is 29.9 Å². The molecule has 1 atom stereocenters. The van der Waals surface area contributed by atoms with E-state index in [0.717, 1.165) is 32.2 Å². The van der Waals surface area contributed by atoms with Crippen molar-refractivity contribution in [1.29, 1.82) is 0 Å². The summed E-state index contributed by atoms with van der Waals surface area (Å²) >= 11 is 6.21. The van der Waals surface area contributed by atoms with E-state index in [1.165, 1.54) is 18.2 Å². The molecule has 0 unspecified atom stereocenters. The van der Waals surface area contributed by atoms with Gasteiger partial charge in [-0.3, -0.25) is 19.4 Å². The van der Waals surface area contributed by atoms with Crippen LogP contribution in [0.1, 0.15) is 29.3 Å².